The third-order valence-corrected chi connectivity index (χ3v) is 4.16. The predicted octanol–water partition coefficient (Wildman–Crippen LogP) is 1.27. The van der Waals surface area contributed by atoms with Gasteiger partial charge in [-0.05, 0) is 38.9 Å². The molecule has 0 bridgehead atoms. The SMILES string of the molecule is CCCCN1CCC(N2CCC(C(=O)O)C2)C1. The van der Waals surface area contributed by atoms with Crippen molar-refractivity contribution in [2.75, 3.05) is 32.7 Å². The molecule has 98 valence electrons. The minimum Gasteiger partial charge on any atom is -0.481 e. The van der Waals surface area contributed by atoms with Gasteiger partial charge in [-0.15, -0.1) is 0 Å². The van der Waals surface area contributed by atoms with E-state index in [4.69, 9.17) is 5.11 Å². The van der Waals surface area contributed by atoms with Gasteiger partial charge in [0.25, 0.3) is 0 Å². The normalized spacial score (nSPS) is 31.1. The minimum absolute atomic E-state index is 0.125. The molecule has 2 heterocycles. The average molecular weight is 240 g/mol. The fourth-order valence-corrected chi connectivity index (χ4v) is 3.02. The first-order valence-corrected chi connectivity index (χ1v) is 6.90. The molecule has 2 rings (SSSR count). The van der Waals surface area contributed by atoms with E-state index >= 15 is 0 Å². The fraction of sp³-hybridized carbons (Fsp3) is 0.923. The zero-order valence-electron chi connectivity index (χ0n) is 10.8. The van der Waals surface area contributed by atoms with E-state index in [1.165, 1.54) is 32.4 Å². The minimum atomic E-state index is -0.617. The van der Waals surface area contributed by atoms with Gasteiger partial charge in [0.1, 0.15) is 0 Å². The third-order valence-electron chi connectivity index (χ3n) is 4.16. The van der Waals surface area contributed by atoms with Gasteiger partial charge in [-0.2, -0.15) is 0 Å². The summed E-state index contributed by atoms with van der Waals surface area (Å²) in [6, 6.07) is 0.608. The highest BCUT2D eigenvalue weighted by molar-refractivity contribution is 5.70. The van der Waals surface area contributed by atoms with E-state index in [9.17, 15) is 4.79 Å². The number of nitrogens with zero attached hydrogens (tertiary/aromatic N) is 2. The quantitative estimate of drug-likeness (QED) is 0.786. The second-order valence-corrected chi connectivity index (χ2v) is 5.42. The van der Waals surface area contributed by atoms with Crippen LogP contribution in [0, 0.1) is 5.92 Å². The summed E-state index contributed by atoms with van der Waals surface area (Å²) in [5.41, 5.74) is 0. The van der Waals surface area contributed by atoms with Crippen LogP contribution in [0.2, 0.25) is 0 Å². The van der Waals surface area contributed by atoms with Crippen molar-refractivity contribution < 1.29 is 9.90 Å². The zero-order valence-corrected chi connectivity index (χ0v) is 10.8. The van der Waals surface area contributed by atoms with E-state index < -0.39 is 5.97 Å². The lowest BCUT2D eigenvalue weighted by Gasteiger charge is -2.24. The van der Waals surface area contributed by atoms with Gasteiger partial charge >= 0.3 is 5.97 Å². The van der Waals surface area contributed by atoms with E-state index in [1.807, 2.05) is 0 Å². The Hall–Kier alpha value is -0.610. The highest BCUT2D eigenvalue weighted by Gasteiger charge is 2.34. The van der Waals surface area contributed by atoms with E-state index in [-0.39, 0.29) is 5.92 Å². The Kier molecular flexibility index (Phi) is 4.40. The molecule has 4 heteroatoms. The summed E-state index contributed by atoms with van der Waals surface area (Å²) in [6.07, 6.45) is 4.59. The van der Waals surface area contributed by atoms with Gasteiger partial charge in [-0.3, -0.25) is 9.69 Å². The van der Waals surface area contributed by atoms with Crippen molar-refractivity contribution in [1.29, 1.82) is 0 Å². The maximum atomic E-state index is 10.9. The number of rotatable bonds is 5. The van der Waals surface area contributed by atoms with Crippen molar-refractivity contribution in [2.24, 2.45) is 5.92 Å². The summed E-state index contributed by atoms with van der Waals surface area (Å²) < 4.78 is 0. The van der Waals surface area contributed by atoms with Crippen LogP contribution in [0.5, 0.6) is 0 Å². The van der Waals surface area contributed by atoms with Crippen LogP contribution in [0.1, 0.15) is 32.6 Å². The van der Waals surface area contributed by atoms with Crippen LogP contribution >= 0.6 is 0 Å². The fourth-order valence-electron chi connectivity index (χ4n) is 3.02. The smallest absolute Gasteiger partial charge is 0.307 e. The van der Waals surface area contributed by atoms with Crippen molar-refractivity contribution in [1.82, 2.24) is 9.80 Å². The van der Waals surface area contributed by atoms with Crippen LogP contribution in [-0.2, 0) is 4.79 Å². The number of carboxylic acid groups (broad SMARTS) is 1. The summed E-state index contributed by atoms with van der Waals surface area (Å²) in [5, 5.41) is 9.00. The Morgan fingerprint density at radius 2 is 2.12 bits per heavy atom. The van der Waals surface area contributed by atoms with E-state index in [0.29, 0.717) is 6.04 Å². The molecular weight excluding hydrogens is 216 g/mol. The van der Waals surface area contributed by atoms with Gasteiger partial charge < -0.3 is 10.0 Å². The lowest BCUT2D eigenvalue weighted by molar-refractivity contribution is -0.141. The molecule has 2 unspecified atom stereocenters. The Balaban J connectivity index is 1.75. The van der Waals surface area contributed by atoms with Crippen LogP contribution in [0.15, 0.2) is 0 Å². The van der Waals surface area contributed by atoms with Crippen molar-refractivity contribution in [2.45, 2.75) is 38.6 Å². The van der Waals surface area contributed by atoms with Crippen molar-refractivity contribution in [3.63, 3.8) is 0 Å². The highest BCUT2D eigenvalue weighted by atomic mass is 16.4. The molecule has 2 aliphatic rings. The molecule has 0 amide bonds. The highest BCUT2D eigenvalue weighted by Crippen LogP contribution is 2.24. The van der Waals surface area contributed by atoms with Gasteiger partial charge in [-0.25, -0.2) is 0 Å². The number of hydrogen-bond acceptors (Lipinski definition) is 3. The number of likely N-dealkylation sites (tertiary alicyclic amines) is 2. The number of carboxylic acids is 1. The first kappa shape index (κ1) is 12.8. The molecule has 2 aliphatic heterocycles. The Bertz CT molecular complexity index is 270. The van der Waals surface area contributed by atoms with Gasteiger partial charge in [0.2, 0.25) is 0 Å². The first-order chi connectivity index (χ1) is 8.20. The lowest BCUT2D eigenvalue weighted by atomic mass is 10.1. The van der Waals surface area contributed by atoms with Crippen molar-refractivity contribution in [3.8, 4) is 0 Å². The van der Waals surface area contributed by atoms with Crippen LogP contribution in [-0.4, -0.2) is 59.6 Å². The summed E-state index contributed by atoms with van der Waals surface area (Å²) in [6.45, 7) is 7.52. The monoisotopic (exact) mass is 240 g/mol. The molecule has 0 aromatic carbocycles. The average Bonchev–Trinajstić information content (AvgIpc) is 2.94. The number of unbranched alkanes of at least 4 members (excludes halogenated alkanes) is 1. The predicted molar refractivity (Wildman–Crippen MR) is 67.1 cm³/mol. The van der Waals surface area contributed by atoms with E-state index in [0.717, 1.165) is 26.1 Å². The Labute approximate surface area is 104 Å². The summed E-state index contributed by atoms with van der Waals surface area (Å²) >= 11 is 0. The number of hydrogen-bond donors (Lipinski definition) is 1. The lowest BCUT2D eigenvalue weighted by Crippen LogP contribution is -2.36. The molecular formula is C13H24N2O2. The largest absolute Gasteiger partial charge is 0.481 e. The van der Waals surface area contributed by atoms with Crippen LogP contribution < -0.4 is 0 Å². The van der Waals surface area contributed by atoms with Gasteiger partial charge in [0, 0.05) is 19.1 Å². The van der Waals surface area contributed by atoms with Gasteiger partial charge in [0.15, 0.2) is 0 Å². The van der Waals surface area contributed by atoms with E-state index in [1.54, 1.807) is 0 Å². The molecule has 1 N–H and O–H groups in total. The van der Waals surface area contributed by atoms with Crippen LogP contribution in [0.25, 0.3) is 0 Å². The second-order valence-electron chi connectivity index (χ2n) is 5.42. The van der Waals surface area contributed by atoms with E-state index in [2.05, 4.69) is 16.7 Å². The summed E-state index contributed by atoms with van der Waals surface area (Å²) in [7, 11) is 0. The molecule has 0 spiro atoms. The second kappa shape index (κ2) is 5.83. The standard InChI is InChI=1S/C13H24N2O2/c1-2-3-6-14-7-5-12(10-14)15-8-4-11(9-15)13(16)17/h11-12H,2-10H2,1H3,(H,16,17). The van der Waals surface area contributed by atoms with Crippen LogP contribution in [0.3, 0.4) is 0 Å². The molecule has 0 aliphatic carbocycles. The maximum absolute atomic E-state index is 10.9. The third kappa shape index (κ3) is 3.19. The molecule has 2 fully saturated rings. The van der Waals surface area contributed by atoms with Crippen molar-refractivity contribution in [3.05, 3.63) is 0 Å². The molecule has 0 saturated carbocycles. The molecule has 0 radical (unpaired) electrons. The zero-order chi connectivity index (χ0) is 12.3. The van der Waals surface area contributed by atoms with Crippen LogP contribution in [0.4, 0.5) is 0 Å². The molecule has 2 saturated heterocycles. The first-order valence-electron chi connectivity index (χ1n) is 6.90. The number of carbonyl (C=O) groups is 1. The number of aliphatic carboxylic acids is 1. The molecule has 4 nitrogen and oxygen atoms in total. The summed E-state index contributed by atoms with van der Waals surface area (Å²) in [4.78, 5) is 15.9. The molecule has 2 atom stereocenters. The van der Waals surface area contributed by atoms with Gasteiger partial charge in [0.05, 0.1) is 5.92 Å². The van der Waals surface area contributed by atoms with Crippen molar-refractivity contribution >= 4 is 5.97 Å². The topological polar surface area (TPSA) is 43.8 Å². The summed E-state index contributed by atoms with van der Waals surface area (Å²) in [5.74, 6) is -0.743. The Morgan fingerprint density at radius 1 is 1.29 bits per heavy atom. The molecule has 0 aromatic heterocycles. The Morgan fingerprint density at radius 3 is 2.76 bits per heavy atom. The van der Waals surface area contributed by atoms with Gasteiger partial charge in [-0.1, -0.05) is 13.3 Å². The molecule has 17 heavy (non-hydrogen) atoms. The maximum Gasteiger partial charge on any atom is 0.307 e. The molecule has 0 aromatic rings.